The first-order valence-electron chi connectivity index (χ1n) is 10.0. The SMILES string of the molecule is CC(Cc1ccc(C(=O)NCc2ccccc2)cc1)[C@@H](N)[C@H](O)c1cccc(Cl)c1. The second-order valence-corrected chi connectivity index (χ2v) is 8.06. The molecule has 3 aromatic carbocycles. The van der Waals surface area contributed by atoms with Gasteiger partial charge in [-0.3, -0.25) is 4.79 Å². The van der Waals surface area contributed by atoms with Crippen molar-refractivity contribution in [2.45, 2.75) is 32.0 Å². The normalized spacial score (nSPS) is 14.0. The number of nitrogens with two attached hydrogens (primary N) is 1. The van der Waals surface area contributed by atoms with Crippen LogP contribution in [0.4, 0.5) is 0 Å². The first kappa shape index (κ1) is 22.0. The van der Waals surface area contributed by atoms with Crippen molar-refractivity contribution in [3.05, 3.63) is 106 Å². The van der Waals surface area contributed by atoms with Gasteiger partial charge >= 0.3 is 0 Å². The van der Waals surface area contributed by atoms with Gasteiger partial charge in [0.05, 0.1) is 6.10 Å². The van der Waals surface area contributed by atoms with Crippen molar-refractivity contribution in [2.24, 2.45) is 11.7 Å². The van der Waals surface area contributed by atoms with E-state index in [1.165, 1.54) is 0 Å². The molecule has 156 valence electrons. The van der Waals surface area contributed by atoms with E-state index in [9.17, 15) is 9.90 Å². The van der Waals surface area contributed by atoms with Crippen LogP contribution in [0, 0.1) is 5.92 Å². The van der Waals surface area contributed by atoms with Crippen molar-refractivity contribution >= 4 is 17.5 Å². The molecule has 1 unspecified atom stereocenters. The van der Waals surface area contributed by atoms with Crippen molar-refractivity contribution < 1.29 is 9.90 Å². The fourth-order valence-corrected chi connectivity index (χ4v) is 3.60. The molecule has 5 heteroatoms. The van der Waals surface area contributed by atoms with E-state index in [0.29, 0.717) is 29.1 Å². The number of nitrogens with one attached hydrogen (secondary N) is 1. The van der Waals surface area contributed by atoms with Crippen LogP contribution in [-0.4, -0.2) is 17.1 Å². The highest BCUT2D eigenvalue weighted by Gasteiger charge is 2.23. The Kier molecular flexibility index (Phi) is 7.63. The van der Waals surface area contributed by atoms with Crippen LogP contribution in [-0.2, 0) is 13.0 Å². The maximum absolute atomic E-state index is 12.4. The third-order valence-electron chi connectivity index (χ3n) is 5.28. The van der Waals surface area contributed by atoms with Gasteiger partial charge in [-0.1, -0.05) is 73.1 Å². The molecule has 4 nitrogen and oxygen atoms in total. The van der Waals surface area contributed by atoms with Gasteiger partial charge < -0.3 is 16.2 Å². The topological polar surface area (TPSA) is 75.4 Å². The lowest BCUT2D eigenvalue weighted by molar-refractivity contribution is 0.0951. The summed E-state index contributed by atoms with van der Waals surface area (Å²) < 4.78 is 0. The van der Waals surface area contributed by atoms with Gasteiger partial charge in [-0.05, 0) is 53.3 Å². The summed E-state index contributed by atoms with van der Waals surface area (Å²) in [5.41, 5.74) is 9.76. The molecule has 0 aromatic heterocycles. The quantitative estimate of drug-likeness (QED) is 0.500. The van der Waals surface area contributed by atoms with Gasteiger partial charge in [0, 0.05) is 23.2 Å². The Bertz CT molecular complexity index is 960. The Morgan fingerprint density at radius 1 is 1.00 bits per heavy atom. The third kappa shape index (κ3) is 5.92. The Labute approximate surface area is 182 Å². The fraction of sp³-hybridized carbons (Fsp3) is 0.240. The van der Waals surface area contributed by atoms with Crippen molar-refractivity contribution in [3.8, 4) is 0 Å². The summed E-state index contributed by atoms with van der Waals surface area (Å²) in [6.45, 7) is 2.51. The molecule has 0 fully saturated rings. The summed E-state index contributed by atoms with van der Waals surface area (Å²) in [4.78, 5) is 12.4. The Morgan fingerprint density at radius 3 is 2.37 bits per heavy atom. The smallest absolute Gasteiger partial charge is 0.251 e. The molecule has 3 aromatic rings. The zero-order valence-corrected chi connectivity index (χ0v) is 17.7. The Balaban J connectivity index is 1.55. The molecule has 0 spiro atoms. The lowest BCUT2D eigenvalue weighted by atomic mass is 9.88. The van der Waals surface area contributed by atoms with Crippen LogP contribution in [0.1, 0.15) is 40.1 Å². The average molecular weight is 423 g/mol. The van der Waals surface area contributed by atoms with Gasteiger partial charge in [0.1, 0.15) is 0 Å². The highest BCUT2D eigenvalue weighted by atomic mass is 35.5. The van der Waals surface area contributed by atoms with Gasteiger partial charge in [-0.2, -0.15) is 0 Å². The van der Waals surface area contributed by atoms with Crippen molar-refractivity contribution in [1.29, 1.82) is 0 Å². The number of halogens is 1. The van der Waals surface area contributed by atoms with Gasteiger partial charge in [0.15, 0.2) is 0 Å². The fourth-order valence-electron chi connectivity index (χ4n) is 3.40. The van der Waals surface area contributed by atoms with Gasteiger partial charge in [-0.25, -0.2) is 0 Å². The lowest BCUT2D eigenvalue weighted by Crippen LogP contribution is -2.36. The van der Waals surface area contributed by atoms with Gasteiger partial charge in [0.25, 0.3) is 5.91 Å². The Hall–Kier alpha value is -2.66. The van der Waals surface area contributed by atoms with E-state index in [-0.39, 0.29) is 11.8 Å². The molecule has 0 aliphatic carbocycles. The number of carbonyl (C=O) groups is 1. The van der Waals surface area contributed by atoms with E-state index in [2.05, 4.69) is 5.32 Å². The maximum atomic E-state index is 12.4. The molecule has 0 saturated heterocycles. The van der Waals surface area contributed by atoms with Crippen LogP contribution in [0.5, 0.6) is 0 Å². The second-order valence-electron chi connectivity index (χ2n) is 7.62. The molecule has 0 heterocycles. The average Bonchev–Trinajstić information content (AvgIpc) is 2.77. The van der Waals surface area contributed by atoms with Gasteiger partial charge in [-0.15, -0.1) is 0 Å². The number of benzene rings is 3. The van der Waals surface area contributed by atoms with E-state index in [1.807, 2.05) is 67.6 Å². The minimum Gasteiger partial charge on any atom is -0.387 e. The van der Waals surface area contributed by atoms with Crippen LogP contribution in [0.25, 0.3) is 0 Å². The molecule has 0 saturated carbocycles. The molecular formula is C25H27ClN2O2. The Morgan fingerprint density at radius 2 is 1.70 bits per heavy atom. The van der Waals surface area contributed by atoms with Crippen molar-refractivity contribution in [3.63, 3.8) is 0 Å². The van der Waals surface area contributed by atoms with Crippen LogP contribution >= 0.6 is 11.6 Å². The standard InChI is InChI=1S/C25H27ClN2O2/c1-17(23(27)24(29)21-8-5-9-22(26)15-21)14-18-10-12-20(13-11-18)25(30)28-16-19-6-3-2-4-7-19/h2-13,15,17,23-24,29H,14,16,27H2,1H3,(H,28,30)/t17?,23-,24-/m1/s1. The summed E-state index contributed by atoms with van der Waals surface area (Å²) >= 11 is 6.02. The molecule has 0 aliphatic rings. The summed E-state index contributed by atoms with van der Waals surface area (Å²) in [7, 11) is 0. The molecule has 30 heavy (non-hydrogen) atoms. The second kappa shape index (κ2) is 10.4. The minimum atomic E-state index is -0.790. The van der Waals surface area contributed by atoms with Gasteiger partial charge in [0.2, 0.25) is 0 Å². The zero-order chi connectivity index (χ0) is 21.5. The highest BCUT2D eigenvalue weighted by Crippen LogP contribution is 2.25. The highest BCUT2D eigenvalue weighted by molar-refractivity contribution is 6.30. The molecule has 0 aliphatic heterocycles. The van der Waals surface area contributed by atoms with E-state index >= 15 is 0 Å². The molecule has 4 N–H and O–H groups in total. The predicted molar refractivity (Wildman–Crippen MR) is 121 cm³/mol. The lowest BCUT2D eigenvalue weighted by Gasteiger charge is -2.25. The number of amides is 1. The monoisotopic (exact) mass is 422 g/mol. The summed E-state index contributed by atoms with van der Waals surface area (Å²) in [5.74, 6) is -0.0664. The number of rotatable bonds is 8. The molecule has 3 rings (SSSR count). The number of hydrogen-bond donors (Lipinski definition) is 3. The van der Waals surface area contributed by atoms with Crippen molar-refractivity contribution in [2.75, 3.05) is 0 Å². The maximum Gasteiger partial charge on any atom is 0.251 e. The predicted octanol–water partition coefficient (Wildman–Crippen LogP) is 4.51. The number of carbonyl (C=O) groups excluding carboxylic acids is 1. The summed E-state index contributed by atoms with van der Waals surface area (Å²) in [6, 6.07) is 24.0. The molecule has 0 radical (unpaired) electrons. The first-order valence-corrected chi connectivity index (χ1v) is 10.4. The van der Waals surface area contributed by atoms with Crippen molar-refractivity contribution in [1.82, 2.24) is 5.32 Å². The third-order valence-corrected chi connectivity index (χ3v) is 5.52. The number of hydrogen-bond acceptors (Lipinski definition) is 3. The van der Waals surface area contributed by atoms with E-state index in [0.717, 1.165) is 11.1 Å². The molecular weight excluding hydrogens is 396 g/mol. The van der Waals surface area contributed by atoms with E-state index in [4.69, 9.17) is 17.3 Å². The van der Waals surface area contributed by atoms with Crippen LogP contribution < -0.4 is 11.1 Å². The summed E-state index contributed by atoms with van der Waals surface area (Å²) in [6.07, 6.45) is -0.0909. The molecule has 0 bridgehead atoms. The van der Waals surface area contributed by atoms with E-state index < -0.39 is 12.1 Å². The van der Waals surface area contributed by atoms with Crippen LogP contribution in [0.2, 0.25) is 5.02 Å². The molecule has 1 amide bonds. The van der Waals surface area contributed by atoms with Crippen LogP contribution in [0.15, 0.2) is 78.9 Å². The first-order chi connectivity index (χ1) is 14.4. The minimum absolute atomic E-state index is 0.0386. The summed E-state index contributed by atoms with van der Waals surface area (Å²) in [5, 5.41) is 14.1. The van der Waals surface area contributed by atoms with Crippen LogP contribution in [0.3, 0.4) is 0 Å². The largest absolute Gasteiger partial charge is 0.387 e. The zero-order valence-electron chi connectivity index (χ0n) is 17.0. The number of aliphatic hydroxyl groups excluding tert-OH is 1. The number of aliphatic hydroxyl groups is 1. The molecule has 3 atom stereocenters. The van der Waals surface area contributed by atoms with E-state index in [1.54, 1.807) is 18.2 Å².